The molecule has 0 bridgehead atoms. The predicted octanol–water partition coefficient (Wildman–Crippen LogP) is 3.60. The molecule has 1 aliphatic heterocycles. The molecule has 0 saturated carbocycles. The van der Waals surface area contributed by atoms with Crippen LogP contribution in [0.25, 0.3) is 9.88 Å². The standard InChI is InChI=1S/C14H19N3S3/c1-2-5-15-6-3-13-16-17-14(20-13)12-8-10-9-18-7-4-11(10)19-12/h8,15H,2-7,9H2,1H3. The molecule has 0 fully saturated rings. The van der Waals surface area contributed by atoms with Crippen molar-refractivity contribution in [3.63, 3.8) is 0 Å². The maximum Gasteiger partial charge on any atom is 0.157 e. The third-order valence-corrected chi connectivity index (χ3v) is 6.64. The van der Waals surface area contributed by atoms with Crippen molar-refractivity contribution in [1.29, 1.82) is 0 Å². The first-order valence-electron chi connectivity index (χ1n) is 7.09. The van der Waals surface area contributed by atoms with Crippen LogP contribution in [0.5, 0.6) is 0 Å². The van der Waals surface area contributed by atoms with Gasteiger partial charge in [-0.3, -0.25) is 0 Å². The first kappa shape index (κ1) is 14.5. The fraction of sp³-hybridized carbons (Fsp3) is 0.571. The molecule has 1 aliphatic rings. The van der Waals surface area contributed by atoms with E-state index in [4.69, 9.17) is 0 Å². The highest BCUT2D eigenvalue weighted by atomic mass is 32.2. The van der Waals surface area contributed by atoms with E-state index in [-0.39, 0.29) is 0 Å². The van der Waals surface area contributed by atoms with Crippen molar-refractivity contribution in [2.75, 3.05) is 18.8 Å². The number of fused-ring (bicyclic) bond motifs is 1. The zero-order valence-corrected chi connectivity index (χ0v) is 14.1. The van der Waals surface area contributed by atoms with Crippen LogP contribution < -0.4 is 5.32 Å². The number of rotatable bonds is 6. The number of thioether (sulfide) groups is 1. The van der Waals surface area contributed by atoms with Crippen LogP contribution in [-0.2, 0) is 18.6 Å². The topological polar surface area (TPSA) is 37.8 Å². The van der Waals surface area contributed by atoms with Crippen molar-refractivity contribution >= 4 is 34.4 Å². The smallest absolute Gasteiger partial charge is 0.157 e. The fourth-order valence-electron chi connectivity index (χ4n) is 2.20. The van der Waals surface area contributed by atoms with Crippen molar-refractivity contribution in [2.45, 2.75) is 31.9 Å². The molecule has 1 N–H and O–H groups in total. The molecule has 0 aliphatic carbocycles. The number of hydrogen-bond donors (Lipinski definition) is 1. The molecule has 0 radical (unpaired) electrons. The van der Waals surface area contributed by atoms with E-state index in [1.807, 2.05) is 23.1 Å². The normalized spacial score (nSPS) is 14.4. The van der Waals surface area contributed by atoms with Crippen LogP contribution in [0, 0.1) is 0 Å². The molecule has 2 aromatic rings. The molecular formula is C14H19N3S3. The van der Waals surface area contributed by atoms with Gasteiger partial charge in [-0.05, 0) is 36.8 Å². The quantitative estimate of drug-likeness (QED) is 0.824. The summed E-state index contributed by atoms with van der Waals surface area (Å²) in [5, 5.41) is 14.4. The third kappa shape index (κ3) is 3.42. The Hall–Kier alpha value is -0.430. The van der Waals surface area contributed by atoms with Gasteiger partial charge in [-0.25, -0.2) is 0 Å². The van der Waals surface area contributed by atoms with E-state index in [2.05, 4.69) is 28.5 Å². The lowest BCUT2D eigenvalue weighted by atomic mass is 10.2. The van der Waals surface area contributed by atoms with E-state index in [9.17, 15) is 0 Å². The fourth-order valence-corrected chi connectivity index (χ4v) is 5.46. The SMILES string of the molecule is CCCNCCc1nnc(-c2cc3c(s2)CCSC3)s1. The Balaban J connectivity index is 1.65. The van der Waals surface area contributed by atoms with Gasteiger partial charge in [-0.2, -0.15) is 11.8 Å². The van der Waals surface area contributed by atoms with Crippen molar-refractivity contribution in [3.8, 4) is 9.88 Å². The second kappa shape index (κ2) is 7.02. The van der Waals surface area contributed by atoms with Gasteiger partial charge in [0.2, 0.25) is 0 Å². The van der Waals surface area contributed by atoms with Crippen LogP contribution in [0.4, 0.5) is 0 Å². The number of nitrogens with one attached hydrogen (secondary N) is 1. The summed E-state index contributed by atoms with van der Waals surface area (Å²) >= 11 is 5.69. The summed E-state index contributed by atoms with van der Waals surface area (Å²) in [6, 6.07) is 2.33. The van der Waals surface area contributed by atoms with Gasteiger partial charge in [0.1, 0.15) is 5.01 Å². The number of aromatic nitrogens is 2. The minimum absolute atomic E-state index is 0.985. The van der Waals surface area contributed by atoms with Crippen LogP contribution in [0.1, 0.15) is 28.8 Å². The molecule has 3 nitrogen and oxygen atoms in total. The Bertz CT molecular complexity index is 538. The summed E-state index contributed by atoms with van der Waals surface area (Å²) < 4.78 is 0. The second-order valence-electron chi connectivity index (χ2n) is 4.86. The lowest BCUT2D eigenvalue weighted by Crippen LogP contribution is -2.17. The largest absolute Gasteiger partial charge is 0.316 e. The van der Waals surface area contributed by atoms with E-state index in [0.717, 1.165) is 29.5 Å². The highest BCUT2D eigenvalue weighted by Gasteiger charge is 2.16. The number of thiophene rings is 1. The Morgan fingerprint density at radius 2 is 2.20 bits per heavy atom. The summed E-state index contributed by atoms with van der Waals surface area (Å²) in [6.45, 7) is 4.27. The Morgan fingerprint density at radius 3 is 3.05 bits per heavy atom. The molecule has 0 amide bonds. The minimum Gasteiger partial charge on any atom is -0.316 e. The molecule has 0 spiro atoms. The first-order chi connectivity index (χ1) is 9.86. The summed E-state index contributed by atoms with van der Waals surface area (Å²) in [6.07, 6.45) is 3.38. The van der Waals surface area contributed by atoms with Gasteiger partial charge in [0.05, 0.1) is 4.88 Å². The van der Waals surface area contributed by atoms with Crippen LogP contribution in [0.3, 0.4) is 0 Å². The lowest BCUT2D eigenvalue weighted by Gasteiger charge is -2.08. The van der Waals surface area contributed by atoms with Gasteiger partial charge in [-0.15, -0.1) is 21.5 Å². The summed E-state index contributed by atoms with van der Waals surface area (Å²) in [5.74, 6) is 2.43. The molecule has 3 rings (SSSR count). The zero-order valence-electron chi connectivity index (χ0n) is 11.6. The van der Waals surface area contributed by atoms with Gasteiger partial charge < -0.3 is 5.32 Å². The third-order valence-electron chi connectivity index (χ3n) is 3.25. The van der Waals surface area contributed by atoms with E-state index < -0.39 is 0 Å². The van der Waals surface area contributed by atoms with E-state index in [1.54, 1.807) is 16.2 Å². The molecule has 3 heterocycles. The van der Waals surface area contributed by atoms with E-state index in [1.165, 1.54) is 34.8 Å². The number of hydrogen-bond acceptors (Lipinski definition) is 6. The highest BCUT2D eigenvalue weighted by molar-refractivity contribution is 7.98. The van der Waals surface area contributed by atoms with Crippen LogP contribution in [0.2, 0.25) is 0 Å². The zero-order chi connectivity index (χ0) is 13.8. The molecule has 6 heteroatoms. The van der Waals surface area contributed by atoms with Gasteiger partial charge in [0.25, 0.3) is 0 Å². The van der Waals surface area contributed by atoms with E-state index >= 15 is 0 Å². The molecule has 2 aromatic heterocycles. The Morgan fingerprint density at radius 1 is 1.25 bits per heavy atom. The van der Waals surface area contributed by atoms with Gasteiger partial charge in [-0.1, -0.05) is 18.3 Å². The maximum atomic E-state index is 4.37. The molecule has 108 valence electrons. The number of nitrogens with zero attached hydrogens (tertiary/aromatic N) is 2. The summed E-state index contributed by atoms with van der Waals surface area (Å²) in [5.41, 5.74) is 1.52. The summed E-state index contributed by atoms with van der Waals surface area (Å²) in [7, 11) is 0. The van der Waals surface area contributed by atoms with Gasteiger partial charge in [0.15, 0.2) is 5.01 Å². The molecule has 0 aromatic carbocycles. The van der Waals surface area contributed by atoms with Crippen LogP contribution >= 0.6 is 34.4 Å². The van der Waals surface area contributed by atoms with Crippen molar-refractivity contribution in [2.24, 2.45) is 0 Å². The van der Waals surface area contributed by atoms with Crippen molar-refractivity contribution < 1.29 is 0 Å². The average molecular weight is 326 g/mol. The maximum absolute atomic E-state index is 4.37. The van der Waals surface area contributed by atoms with Crippen molar-refractivity contribution in [3.05, 3.63) is 21.5 Å². The molecular weight excluding hydrogens is 306 g/mol. The van der Waals surface area contributed by atoms with E-state index in [0.29, 0.717) is 0 Å². The Labute approximate surface area is 132 Å². The molecule has 0 atom stereocenters. The average Bonchev–Trinajstić information content (AvgIpc) is 3.09. The monoisotopic (exact) mass is 325 g/mol. The molecule has 20 heavy (non-hydrogen) atoms. The minimum atomic E-state index is 0.985. The summed E-state index contributed by atoms with van der Waals surface area (Å²) in [4.78, 5) is 2.86. The van der Waals surface area contributed by atoms with Gasteiger partial charge in [0, 0.05) is 23.6 Å². The highest BCUT2D eigenvalue weighted by Crippen LogP contribution is 2.37. The predicted molar refractivity (Wildman–Crippen MR) is 90.0 cm³/mol. The lowest BCUT2D eigenvalue weighted by molar-refractivity contribution is 0.668. The van der Waals surface area contributed by atoms with Crippen molar-refractivity contribution in [1.82, 2.24) is 15.5 Å². The molecule has 0 saturated heterocycles. The van der Waals surface area contributed by atoms with Gasteiger partial charge >= 0.3 is 0 Å². The second-order valence-corrected chi connectivity index (χ2v) is 8.17. The Kier molecular flexibility index (Phi) is 5.09. The number of aryl methyl sites for hydroxylation is 1. The van der Waals surface area contributed by atoms with Crippen LogP contribution in [0.15, 0.2) is 6.07 Å². The first-order valence-corrected chi connectivity index (χ1v) is 9.88. The van der Waals surface area contributed by atoms with Crippen LogP contribution in [-0.4, -0.2) is 29.0 Å². The molecule has 0 unspecified atom stereocenters.